The maximum atomic E-state index is 10.2. The molecule has 0 heterocycles. The summed E-state index contributed by atoms with van der Waals surface area (Å²) in [6.07, 6.45) is 0. The Morgan fingerprint density at radius 3 is 1.52 bits per heavy atom. The molecule has 0 saturated carbocycles. The number of fused-ring (bicyclic) bond motifs is 4. The van der Waals surface area contributed by atoms with Gasteiger partial charge in [-0.2, -0.15) is 0 Å². The van der Waals surface area contributed by atoms with Crippen LogP contribution in [0.2, 0.25) is 0 Å². The molecule has 0 aliphatic rings. The first kappa shape index (κ1) is 23.6. The molecule has 0 saturated heterocycles. The van der Waals surface area contributed by atoms with Crippen molar-refractivity contribution < 1.29 is 9.60 Å². The van der Waals surface area contributed by atoms with E-state index in [1.165, 1.54) is 0 Å². The van der Waals surface area contributed by atoms with Gasteiger partial charge in [0.1, 0.15) is 0 Å². The van der Waals surface area contributed by atoms with E-state index < -0.39 is 6.04 Å². The Hall–Kier alpha value is -6.76. The molecule has 0 spiro atoms. The second-order valence-corrected chi connectivity index (χ2v) is 13.1. The van der Waals surface area contributed by atoms with Crippen LogP contribution in [0, 0.1) is 0 Å². The Labute approximate surface area is 313 Å². The van der Waals surface area contributed by atoms with E-state index in [1.807, 2.05) is 127 Å². The van der Waals surface area contributed by atoms with Crippen molar-refractivity contribution in [3.05, 3.63) is 206 Å². The molecule has 0 unspecified atom stereocenters. The van der Waals surface area contributed by atoms with Crippen molar-refractivity contribution in [2.45, 2.75) is 0 Å². The summed E-state index contributed by atoms with van der Waals surface area (Å²) in [5.74, 6) is 0. The molecule has 0 aliphatic carbocycles. The fourth-order valence-corrected chi connectivity index (χ4v) is 7.64. The molecule has 0 aliphatic heterocycles. The second kappa shape index (κ2) is 12.5. The third kappa shape index (κ3) is 5.08. The zero-order chi connectivity index (χ0) is 40.5. The summed E-state index contributed by atoms with van der Waals surface area (Å²) in [5.41, 5.74) is 7.07. The molecule has 52 heavy (non-hydrogen) atoms. The molecule has 0 nitrogen and oxygen atoms in total. The molecule has 10 aromatic rings. The summed E-state index contributed by atoms with van der Waals surface area (Å²) in [5, 5.41) is 4.70. The highest BCUT2D eigenvalue weighted by Gasteiger charge is 2.19. The van der Waals surface area contributed by atoms with Gasteiger partial charge in [0, 0.05) is 0 Å². The van der Waals surface area contributed by atoms with E-state index >= 15 is 0 Å². The Kier molecular flexibility index (Phi) is 5.69. The monoisotopic (exact) mass is 665 g/mol. The van der Waals surface area contributed by atoms with Crippen molar-refractivity contribution >= 4 is 43.1 Å². The van der Waals surface area contributed by atoms with Gasteiger partial charge in [0.2, 0.25) is 0 Å². The molecule has 0 heteroatoms. The molecular weight excluding hydrogens is 625 g/mol. The van der Waals surface area contributed by atoms with Crippen LogP contribution in [0.15, 0.2) is 206 Å². The maximum Gasteiger partial charge on any atom is 0.0636 e. The minimum absolute atomic E-state index is 0.0171. The topological polar surface area (TPSA) is 0 Å². The van der Waals surface area contributed by atoms with Crippen LogP contribution in [0.3, 0.4) is 0 Å². The molecule has 10 rings (SSSR count). The van der Waals surface area contributed by atoms with Crippen LogP contribution in [-0.4, -0.2) is 0 Å². The van der Waals surface area contributed by atoms with E-state index in [1.54, 1.807) is 0 Å². The lowest BCUT2D eigenvalue weighted by Crippen LogP contribution is -1.93. The largest absolute Gasteiger partial charge is 0.0636 e. The first-order valence-electron chi connectivity index (χ1n) is 20.9. The van der Waals surface area contributed by atoms with Gasteiger partial charge in [0.05, 0.1) is 9.60 Å². The molecule has 0 atom stereocenters. The van der Waals surface area contributed by atoms with E-state index in [0.717, 1.165) is 43.8 Å². The summed E-state index contributed by atoms with van der Waals surface area (Å²) < 4.78 is 66.9. The normalized spacial score (nSPS) is 13.3. The summed E-state index contributed by atoms with van der Waals surface area (Å²) >= 11 is 0. The first-order chi connectivity index (χ1) is 28.7. The number of benzene rings is 10. The quantitative estimate of drug-likeness (QED) is 0.161. The molecule has 0 bridgehead atoms. The van der Waals surface area contributed by atoms with Gasteiger partial charge in [0.25, 0.3) is 0 Å². The summed E-state index contributed by atoms with van der Waals surface area (Å²) in [7, 11) is 0. The highest BCUT2D eigenvalue weighted by Crippen LogP contribution is 2.47. The van der Waals surface area contributed by atoms with Crippen molar-refractivity contribution in [1.82, 2.24) is 0 Å². The average Bonchev–Trinajstić information content (AvgIpc) is 3.29. The van der Waals surface area contributed by atoms with Crippen molar-refractivity contribution in [3.8, 4) is 55.6 Å². The first-order valence-corrected chi connectivity index (χ1v) is 17.4. The van der Waals surface area contributed by atoms with Crippen LogP contribution in [0.4, 0.5) is 0 Å². The summed E-state index contributed by atoms with van der Waals surface area (Å²) in [4.78, 5) is 0. The Morgan fingerprint density at radius 1 is 0.288 bits per heavy atom. The molecule has 0 aromatic heterocycles. The van der Waals surface area contributed by atoms with E-state index in [2.05, 4.69) is 36.4 Å². The van der Waals surface area contributed by atoms with Crippen LogP contribution < -0.4 is 0 Å². The van der Waals surface area contributed by atoms with E-state index in [-0.39, 0.29) is 47.0 Å². The lowest BCUT2D eigenvalue weighted by atomic mass is 9.83. The van der Waals surface area contributed by atoms with E-state index in [9.17, 15) is 6.85 Å². The number of rotatable bonds is 5. The fraction of sp³-hybridized carbons (Fsp3) is 0. The predicted molar refractivity (Wildman–Crippen MR) is 224 cm³/mol. The highest BCUT2D eigenvalue weighted by molar-refractivity contribution is 6.24. The third-order valence-corrected chi connectivity index (χ3v) is 10.1. The van der Waals surface area contributed by atoms with Crippen LogP contribution in [0.25, 0.3) is 98.7 Å². The summed E-state index contributed by atoms with van der Waals surface area (Å²) in [6.45, 7) is 0. The molecule has 10 aromatic carbocycles. The Bertz CT molecular complexity index is 3330. The maximum absolute atomic E-state index is 10.2. The molecule has 0 radical (unpaired) electrons. The Balaban J connectivity index is 1.38. The van der Waals surface area contributed by atoms with Gasteiger partial charge in [-0.15, -0.1) is 0 Å². The van der Waals surface area contributed by atoms with Crippen LogP contribution in [0.1, 0.15) is 9.60 Å². The van der Waals surface area contributed by atoms with Crippen molar-refractivity contribution in [3.63, 3.8) is 0 Å². The third-order valence-electron chi connectivity index (χ3n) is 10.1. The van der Waals surface area contributed by atoms with Crippen molar-refractivity contribution in [2.24, 2.45) is 0 Å². The van der Waals surface area contributed by atoms with Gasteiger partial charge < -0.3 is 0 Å². The average molecular weight is 666 g/mol. The zero-order valence-corrected chi connectivity index (χ0v) is 28.1. The van der Waals surface area contributed by atoms with Gasteiger partial charge in [-0.1, -0.05) is 194 Å². The van der Waals surface area contributed by atoms with Crippen LogP contribution in [-0.2, 0) is 0 Å². The minimum Gasteiger partial charge on any atom is -0.0622 e. The number of hydrogen-bond acceptors (Lipinski definition) is 0. The van der Waals surface area contributed by atoms with Gasteiger partial charge in [-0.3, -0.25) is 0 Å². The lowest BCUT2D eigenvalue weighted by molar-refractivity contribution is 1.58. The second-order valence-electron chi connectivity index (χ2n) is 13.1. The van der Waals surface area contributed by atoms with Gasteiger partial charge in [0.15, 0.2) is 0 Å². The Morgan fingerprint density at radius 2 is 0.788 bits per heavy atom. The summed E-state index contributed by atoms with van der Waals surface area (Å²) in [6, 6.07) is 52.0. The highest BCUT2D eigenvalue weighted by atomic mass is 14.2. The number of hydrogen-bond donors (Lipinski definition) is 0. The predicted octanol–water partition coefficient (Wildman–Crippen LogP) is 14.6. The molecule has 242 valence electrons. The van der Waals surface area contributed by atoms with Crippen LogP contribution in [0.5, 0.6) is 0 Å². The van der Waals surface area contributed by atoms with Gasteiger partial charge in [-0.25, -0.2) is 0 Å². The van der Waals surface area contributed by atoms with E-state index in [4.69, 9.17) is 2.74 Å². The molecule has 0 amide bonds. The molecular formula is C52H34. The van der Waals surface area contributed by atoms with E-state index in [0.29, 0.717) is 44.2 Å². The molecule has 0 N–H and O–H groups in total. The van der Waals surface area contributed by atoms with Crippen molar-refractivity contribution in [1.29, 1.82) is 0 Å². The smallest absolute Gasteiger partial charge is 0.0622 e. The van der Waals surface area contributed by atoms with Gasteiger partial charge in [-0.05, 0) is 111 Å². The zero-order valence-electron chi connectivity index (χ0n) is 35.1. The fourth-order valence-electron chi connectivity index (χ4n) is 7.64. The molecule has 0 fully saturated rings. The van der Waals surface area contributed by atoms with Crippen LogP contribution >= 0.6 is 0 Å². The standard InChI is InChI=1S/C52H34/c1-2-13-35(14-3-1)36-27-29-37(30-28-36)40-19-10-20-42(33-40)51-47-23-8-9-24-48(47)52(46-26-12-18-39-16-5-7-22-44(39)46)50-34-41(31-32-49(50)51)45-25-11-17-38-15-4-6-21-43(38)45/h1-34H/i8D,9D,23D,24D,31D,32D,34D. The van der Waals surface area contributed by atoms with Gasteiger partial charge >= 0.3 is 0 Å². The van der Waals surface area contributed by atoms with Crippen molar-refractivity contribution in [2.75, 3.05) is 0 Å². The SMILES string of the molecule is [2H]c1c([2H])c([2H])c2c(-c3cccc4ccccc34)c3c([2H])c(-c4cccc5ccccc45)c([2H])c([2H])c3c(-c3cccc(-c4ccc(-c5ccccc5)cc4)c3)c2c1[2H]. The lowest BCUT2D eigenvalue weighted by Gasteiger charge is -2.20. The minimum atomic E-state index is -0.393.